The van der Waals surface area contributed by atoms with Gasteiger partial charge in [-0.25, -0.2) is 4.39 Å². The number of piperidine rings is 1. The minimum absolute atomic E-state index is 0.0991. The van der Waals surface area contributed by atoms with Crippen LogP contribution in [0.4, 0.5) is 15.8 Å². The average Bonchev–Trinajstić information content (AvgIpc) is 2.32. The Labute approximate surface area is 113 Å². The van der Waals surface area contributed by atoms with E-state index in [0.29, 0.717) is 12.2 Å². The fourth-order valence-electron chi connectivity index (χ4n) is 2.35. The first-order valence-corrected chi connectivity index (χ1v) is 6.66. The Morgan fingerprint density at radius 1 is 1.47 bits per heavy atom. The second-order valence-electron chi connectivity index (χ2n) is 5.25. The summed E-state index contributed by atoms with van der Waals surface area (Å²) < 4.78 is 19.2. The van der Waals surface area contributed by atoms with Gasteiger partial charge < -0.3 is 20.5 Å². The summed E-state index contributed by atoms with van der Waals surface area (Å²) in [5, 5.41) is 9.71. The number of β-amino-alcohol motifs (C(OH)–C–C–N with tert-alkyl or cyclic N) is 1. The number of rotatable bonds is 3. The van der Waals surface area contributed by atoms with E-state index in [1.807, 2.05) is 18.7 Å². The van der Waals surface area contributed by atoms with E-state index in [1.54, 1.807) is 6.07 Å². The normalized spacial score (nSPS) is 19.8. The molecule has 0 amide bonds. The van der Waals surface area contributed by atoms with Crippen molar-refractivity contribution in [3.05, 3.63) is 17.9 Å². The van der Waals surface area contributed by atoms with Crippen molar-refractivity contribution in [2.24, 2.45) is 0 Å². The minimum atomic E-state index is -0.451. The van der Waals surface area contributed by atoms with Crippen molar-refractivity contribution in [1.29, 1.82) is 0 Å². The van der Waals surface area contributed by atoms with E-state index in [2.05, 4.69) is 0 Å². The molecule has 1 aromatic rings. The van der Waals surface area contributed by atoms with Crippen LogP contribution in [-0.4, -0.2) is 30.4 Å². The summed E-state index contributed by atoms with van der Waals surface area (Å²) in [4.78, 5) is 1.98. The quantitative estimate of drug-likeness (QED) is 0.825. The zero-order valence-electron chi connectivity index (χ0n) is 11.4. The molecule has 0 radical (unpaired) electrons. The van der Waals surface area contributed by atoms with Gasteiger partial charge in [0.05, 0.1) is 23.6 Å². The first-order valence-electron chi connectivity index (χ1n) is 6.66. The number of nitrogens with two attached hydrogens (primary N) is 1. The summed E-state index contributed by atoms with van der Waals surface area (Å²) >= 11 is 0. The molecular formula is C14H21FN2O2. The van der Waals surface area contributed by atoms with Crippen molar-refractivity contribution < 1.29 is 14.2 Å². The summed E-state index contributed by atoms with van der Waals surface area (Å²) in [6, 6.07) is 2.91. The van der Waals surface area contributed by atoms with Crippen molar-refractivity contribution in [2.75, 3.05) is 23.7 Å². The van der Waals surface area contributed by atoms with Gasteiger partial charge in [-0.1, -0.05) is 0 Å². The van der Waals surface area contributed by atoms with E-state index < -0.39 is 5.82 Å². The Morgan fingerprint density at radius 2 is 2.21 bits per heavy atom. The predicted octanol–water partition coefficient (Wildman–Crippen LogP) is 2.16. The first kappa shape index (κ1) is 13.9. The fraction of sp³-hybridized carbons (Fsp3) is 0.571. The molecule has 0 aromatic heterocycles. The Balaban J connectivity index is 2.28. The molecule has 1 aromatic carbocycles. The SMILES string of the molecule is CC(C)Oc1cc(N2CCCC(O)C2)c(N)cc1F. The number of benzene rings is 1. The zero-order chi connectivity index (χ0) is 14.0. The molecule has 1 aliphatic heterocycles. The second kappa shape index (κ2) is 5.65. The van der Waals surface area contributed by atoms with Gasteiger partial charge in [-0.3, -0.25) is 0 Å². The number of hydrogen-bond donors (Lipinski definition) is 2. The molecule has 2 rings (SSSR count). The number of aliphatic hydroxyl groups excluding tert-OH is 1. The van der Waals surface area contributed by atoms with Crippen molar-refractivity contribution >= 4 is 11.4 Å². The molecule has 1 heterocycles. The van der Waals surface area contributed by atoms with Crippen LogP contribution in [0.1, 0.15) is 26.7 Å². The van der Waals surface area contributed by atoms with E-state index in [0.717, 1.165) is 25.1 Å². The summed E-state index contributed by atoms with van der Waals surface area (Å²) in [5.74, 6) is -0.244. The third kappa shape index (κ3) is 3.29. The molecule has 1 fully saturated rings. The molecule has 1 aliphatic rings. The van der Waals surface area contributed by atoms with Crippen LogP contribution in [0.15, 0.2) is 12.1 Å². The lowest BCUT2D eigenvalue weighted by molar-refractivity contribution is 0.154. The van der Waals surface area contributed by atoms with Crippen molar-refractivity contribution in [3.63, 3.8) is 0 Å². The monoisotopic (exact) mass is 268 g/mol. The Bertz CT molecular complexity index is 451. The average molecular weight is 268 g/mol. The van der Waals surface area contributed by atoms with Gasteiger partial charge in [-0.2, -0.15) is 0 Å². The predicted molar refractivity (Wildman–Crippen MR) is 74.0 cm³/mol. The van der Waals surface area contributed by atoms with Gasteiger partial charge in [0.2, 0.25) is 0 Å². The van der Waals surface area contributed by atoms with Crippen molar-refractivity contribution in [3.8, 4) is 5.75 Å². The molecule has 3 N–H and O–H groups in total. The fourth-order valence-corrected chi connectivity index (χ4v) is 2.35. The van der Waals surface area contributed by atoms with Crippen molar-refractivity contribution in [1.82, 2.24) is 0 Å². The van der Waals surface area contributed by atoms with Crippen molar-refractivity contribution in [2.45, 2.75) is 38.9 Å². The lowest BCUT2D eigenvalue weighted by Gasteiger charge is -2.33. The summed E-state index contributed by atoms with van der Waals surface area (Å²) in [5.41, 5.74) is 6.99. The van der Waals surface area contributed by atoms with Gasteiger partial charge in [0.15, 0.2) is 11.6 Å². The molecule has 0 saturated carbocycles. The van der Waals surface area contributed by atoms with E-state index in [1.165, 1.54) is 6.07 Å². The Hall–Kier alpha value is -1.49. The number of halogens is 1. The van der Waals surface area contributed by atoms with Gasteiger partial charge in [0.25, 0.3) is 0 Å². The molecule has 1 unspecified atom stereocenters. The van der Waals surface area contributed by atoms with E-state index in [4.69, 9.17) is 10.5 Å². The minimum Gasteiger partial charge on any atom is -0.488 e. The number of ether oxygens (including phenoxy) is 1. The summed E-state index contributed by atoms with van der Waals surface area (Å²) in [6.45, 7) is 5.03. The maximum absolute atomic E-state index is 13.8. The Morgan fingerprint density at radius 3 is 2.84 bits per heavy atom. The molecule has 19 heavy (non-hydrogen) atoms. The Kier molecular flexibility index (Phi) is 4.14. The highest BCUT2D eigenvalue weighted by atomic mass is 19.1. The third-order valence-electron chi connectivity index (χ3n) is 3.18. The molecule has 1 saturated heterocycles. The van der Waals surface area contributed by atoms with E-state index >= 15 is 0 Å². The molecule has 106 valence electrons. The van der Waals surface area contributed by atoms with E-state index in [-0.39, 0.29) is 18.0 Å². The van der Waals surface area contributed by atoms with Crippen LogP contribution in [0.25, 0.3) is 0 Å². The topological polar surface area (TPSA) is 58.7 Å². The number of nitrogen functional groups attached to an aromatic ring is 1. The standard InChI is InChI=1S/C14H21FN2O2/c1-9(2)19-14-7-13(12(16)6-11(14)15)17-5-3-4-10(18)8-17/h6-7,9-10,18H,3-5,8,16H2,1-2H3. The molecule has 0 bridgehead atoms. The molecule has 0 aliphatic carbocycles. The summed E-state index contributed by atoms with van der Waals surface area (Å²) in [6.07, 6.45) is 1.25. The number of hydrogen-bond acceptors (Lipinski definition) is 4. The molecule has 1 atom stereocenters. The molecule has 0 spiro atoms. The van der Waals surface area contributed by atoms with Crippen LogP contribution in [0, 0.1) is 5.82 Å². The van der Waals surface area contributed by atoms with Crippen LogP contribution in [0.3, 0.4) is 0 Å². The molecule has 4 nitrogen and oxygen atoms in total. The first-order chi connectivity index (χ1) is 8.97. The van der Waals surface area contributed by atoms with Crippen LogP contribution in [-0.2, 0) is 0 Å². The molecule has 5 heteroatoms. The summed E-state index contributed by atoms with van der Waals surface area (Å²) in [7, 11) is 0. The van der Waals surface area contributed by atoms with Gasteiger partial charge >= 0.3 is 0 Å². The highest BCUT2D eigenvalue weighted by Crippen LogP contribution is 2.33. The van der Waals surface area contributed by atoms with Crippen LogP contribution in [0.5, 0.6) is 5.75 Å². The highest BCUT2D eigenvalue weighted by Gasteiger charge is 2.21. The van der Waals surface area contributed by atoms with Crippen LogP contribution in [0.2, 0.25) is 0 Å². The number of aliphatic hydroxyl groups is 1. The number of anilines is 2. The second-order valence-corrected chi connectivity index (χ2v) is 5.25. The molecular weight excluding hydrogens is 247 g/mol. The third-order valence-corrected chi connectivity index (χ3v) is 3.18. The lowest BCUT2D eigenvalue weighted by atomic mass is 10.1. The van der Waals surface area contributed by atoms with E-state index in [9.17, 15) is 9.50 Å². The van der Waals surface area contributed by atoms with Crippen LogP contribution < -0.4 is 15.4 Å². The van der Waals surface area contributed by atoms with Gasteiger partial charge in [0.1, 0.15) is 0 Å². The van der Waals surface area contributed by atoms with Gasteiger partial charge in [0, 0.05) is 25.2 Å². The zero-order valence-corrected chi connectivity index (χ0v) is 11.4. The maximum Gasteiger partial charge on any atom is 0.167 e. The highest BCUT2D eigenvalue weighted by molar-refractivity contribution is 5.70. The van der Waals surface area contributed by atoms with Crippen LogP contribution >= 0.6 is 0 Å². The lowest BCUT2D eigenvalue weighted by Crippen LogP contribution is -2.38. The number of nitrogens with zero attached hydrogens (tertiary/aromatic N) is 1. The van der Waals surface area contributed by atoms with Gasteiger partial charge in [-0.05, 0) is 26.7 Å². The van der Waals surface area contributed by atoms with Gasteiger partial charge in [-0.15, -0.1) is 0 Å². The smallest absolute Gasteiger partial charge is 0.167 e. The maximum atomic E-state index is 13.8. The largest absolute Gasteiger partial charge is 0.488 e.